The Bertz CT molecular complexity index is 757. The Kier molecular flexibility index (Phi) is 7.22. The van der Waals surface area contributed by atoms with E-state index in [1.807, 2.05) is 12.1 Å². The normalized spacial score (nSPS) is 11.9. The van der Waals surface area contributed by atoms with Crippen molar-refractivity contribution in [3.8, 4) is 0 Å². The average molecular weight is 373 g/mol. The molecule has 4 nitrogen and oxygen atoms in total. The Labute approximate surface area is 159 Å². The van der Waals surface area contributed by atoms with Gasteiger partial charge < -0.3 is 10.6 Å². The third kappa shape index (κ3) is 5.33. The van der Waals surface area contributed by atoms with Crippen LogP contribution in [0, 0.1) is 5.92 Å². The lowest BCUT2D eigenvalue weighted by Gasteiger charge is -2.23. The third-order valence-corrected chi connectivity index (χ3v) is 4.59. The van der Waals surface area contributed by atoms with E-state index in [0.717, 1.165) is 12.0 Å². The lowest BCUT2D eigenvalue weighted by atomic mass is 9.95. The first kappa shape index (κ1) is 20.0. The van der Waals surface area contributed by atoms with Gasteiger partial charge in [0.25, 0.3) is 5.91 Å². The van der Waals surface area contributed by atoms with Crippen molar-refractivity contribution in [2.45, 2.75) is 33.2 Å². The predicted octanol–water partition coefficient (Wildman–Crippen LogP) is 4.15. The van der Waals surface area contributed by atoms with E-state index in [-0.39, 0.29) is 30.3 Å². The van der Waals surface area contributed by atoms with Gasteiger partial charge in [-0.25, -0.2) is 0 Å². The van der Waals surface area contributed by atoms with Crippen molar-refractivity contribution < 1.29 is 9.59 Å². The first-order chi connectivity index (χ1) is 12.4. The highest BCUT2D eigenvalue weighted by Crippen LogP contribution is 2.22. The second-order valence-electron chi connectivity index (χ2n) is 6.55. The Morgan fingerprint density at radius 1 is 1.04 bits per heavy atom. The molecule has 0 heterocycles. The van der Waals surface area contributed by atoms with Crippen LogP contribution in [0.3, 0.4) is 0 Å². The fourth-order valence-corrected chi connectivity index (χ4v) is 2.94. The largest absolute Gasteiger partial charge is 0.348 e. The van der Waals surface area contributed by atoms with Crippen LogP contribution in [0.2, 0.25) is 5.02 Å². The first-order valence-electron chi connectivity index (χ1n) is 8.83. The zero-order chi connectivity index (χ0) is 19.1. The summed E-state index contributed by atoms with van der Waals surface area (Å²) in [5.41, 5.74) is 2.68. The Morgan fingerprint density at radius 2 is 1.69 bits per heavy atom. The summed E-state index contributed by atoms with van der Waals surface area (Å²) in [6, 6.07) is 14.9. The second kappa shape index (κ2) is 9.39. The Balaban J connectivity index is 1.97. The van der Waals surface area contributed by atoms with E-state index < -0.39 is 0 Å². The Hall–Kier alpha value is -2.33. The summed E-state index contributed by atoms with van der Waals surface area (Å²) >= 11 is 6.00. The van der Waals surface area contributed by atoms with Crippen molar-refractivity contribution in [3.05, 3.63) is 70.2 Å². The SMILES string of the molecule is CCc1ccc(C(NC(=O)CNC(=O)c2ccccc2Cl)C(C)C)cc1. The number of halogens is 1. The summed E-state index contributed by atoms with van der Waals surface area (Å²) in [4.78, 5) is 24.5. The van der Waals surface area contributed by atoms with Gasteiger partial charge in [0.2, 0.25) is 5.91 Å². The molecule has 0 bridgehead atoms. The van der Waals surface area contributed by atoms with E-state index in [2.05, 4.69) is 43.5 Å². The number of carbonyl (C=O) groups excluding carboxylic acids is 2. The minimum absolute atomic E-state index is 0.0969. The van der Waals surface area contributed by atoms with Gasteiger partial charge in [-0.1, -0.05) is 68.8 Å². The molecule has 2 aromatic carbocycles. The van der Waals surface area contributed by atoms with Crippen molar-refractivity contribution >= 4 is 23.4 Å². The molecule has 0 spiro atoms. The van der Waals surface area contributed by atoms with Crippen molar-refractivity contribution in [1.29, 1.82) is 0 Å². The smallest absolute Gasteiger partial charge is 0.253 e. The maximum Gasteiger partial charge on any atom is 0.253 e. The fourth-order valence-electron chi connectivity index (χ4n) is 2.72. The lowest BCUT2D eigenvalue weighted by molar-refractivity contribution is -0.121. The van der Waals surface area contributed by atoms with E-state index in [1.54, 1.807) is 24.3 Å². The van der Waals surface area contributed by atoms with Crippen molar-refractivity contribution in [2.75, 3.05) is 6.54 Å². The molecule has 0 aliphatic rings. The van der Waals surface area contributed by atoms with Crippen LogP contribution in [0.5, 0.6) is 0 Å². The molecule has 26 heavy (non-hydrogen) atoms. The molecule has 0 fully saturated rings. The van der Waals surface area contributed by atoms with Gasteiger partial charge >= 0.3 is 0 Å². The van der Waals surface area contributed by atoms with E-state index in [0.29, 0.717) is 10.6 Å². The lowest BCUT2D eigenvalue weighted by Crippen LogP contribution is -2.40. The molecular formula is C21H25ClN2O2. The van der Waals surface area contributed by atoms with Gasteiger partial charge in [0.1, 0.15) is 0 Å². The molecule has 0 aliphatic heterocycles. The summed E-state index contributed by atoms with van der Waals surface area (Å²) in [6.07, 6.45) is 0.979. The standard InChI is InChI=1S/C21H25ClN2O2/c1-4-15-9-11-16(12-10-15)20(14(2)3)24-19(25)13-23-21(26)17-7-5-6-8-18(17)22/h5-12,14,20H,4,13H2,1-3H3,(H,23,26)(H,24,25). The van der Waals surface area contributed by atoms with Crippen LogP contribution in [0.15, 0.2) is 48.5 Å². The summed E-state index contributed by atoms with van der Waals surface area (Å²) in [7, 11) is 0. The molecule has 1 atom stereocenters. The molecule has 5 heteroatoms. The van der Waals surface area contributed by atoms with Crippen molar-refractivity contribution in [3.63, 3.8) is 0 Å². The highest BCUT2D eigenvalue weighted by atomic mass is 35.5. The zero-order valence-electron chi connectivity index (χ0n) is 15.4. The van der Waals surface area contributed by atoms with E-state index in [9.17, 15) is 9.59 Å². The zero-order valence-corrected chi connectivity index (χ0v) is 16.1. The topological polar surface area (TPSA) is 58.2 Å². The van der Waals surface area contributed by atoms with Crippen LogP contribution in [-0.2, 0) is 11.2 Å². The molecule has 1 unspecified atom stereocenters. The van der Waals surface area contributed by atoms with Crippen LogP contribution in [0.1, 0.15) is 48.3 Å². The summed E-state index contributed by atoms with van der Waals surface area (Å²) in [6.45, 7) is 6.13. The Morgan fingerprint density at radius 3 is 2.27 bits per heavy atom. The molecule has 2 aromatic rings. The number of benzene rings is 2. The molecule has 2 N–H and O–H groups in total. The van der Waals surface area contributed by atoms with Crippen LogP contribution >= 0.6 is 11.6 Å². The molecule has 2 rings (SSSR count). The molecule has 0 aliphatic carbocycles. The number of amides is 2. The van der Waals surface area contributed by atoms with Gasteiger partial charge in [0, 0.05) is 0 Å². The maximum absolute atomic E-state index is 12.3. The van der Waals surface area contributed by atoms with Gasteiger partial charge in [0.15, 0.2) is 0 Å². The van der Waals surface area contributed by atoms with Crippen LogP contribution in [-0.4, -0.2) is 18.4 Å². The average Bonchev–Trinajstić information content (AvgIpc) is 2.64. The highest BCUT2D eigenvalue weighted by Gasteiger charge is 2.19. The number of hydrogen-bond acceptors (Lipinski definition) is 2. The molecule has 2 amide bonds. The molecule has 0 aromatic heterocycles. The van der Waals surface area contributed by atoms with Gasteiger partial charge in [-0.05, 0) is 35.6 Å². The van der Waals surface area contributed by atoms with Crippen LogP contribution in [0.4, 0.5) is 0 Å². The monoisotopic (exact) mass is 372 g/mol. The number of nitrogens with one attached hydrogen (secondary N) is 2. The van der Waals surface area contributed by atoms with Gasteiger partial charge in [0.05, 0.1) is 23.2 Å². The molecular weight excluding hydrogens is 348 g/mol. The molecule has 0 saturated heterocycles. The van der Waals surface area contributed by atoms with E-state index in [1.165, 1.54) is 5.56 Å². The third-order valence-electron chi connectivity index (χ3n) is 4.26. The van der Waals surface area contributed by atoms with Crippen molar-refractivity contribution in [2.24, 2.45) is 5.92 Å². The number of rotatable bonds is 7. The minimum atomic E-state index is -0.362. The van der Waals surface area contributed by atoms with Gasteiger partial charge in [-0.15, -0.1) is 0 Å². The maximum atomic E-state index is 12.3. The van der Waals surface area contributed by atoms with Crippen molar-refractivity contribution in [1.82, 2.24) is 10.6 Å². The summed E-state index contributed by atoms with van der Waals surface area (Å²) in [5.74, 6) is -0.367. The number of aryl methyl sites for hydroxylation is 1. The van der Waals surface area contributed by atoms with Crippen LogP contribution in [0.25, 0.3) is 0 Å². The van der Waals surface area contributed by atoms with Gasteiger partial charge in [-0.3, -0.25) is 9.59 Å². The predicted molar refractivity (Wildman–Crippen MR) is 105 cm³/mol. The molecule has 0 saturated carbocycles. The number of hydrogen-bond donors (Lipinski definition) is 2. The first-order valence-corrected chi connectivity index (χ1v) is 9.21. The van der Waals surface area contributed by atoms with E-state index in [4.69, 9.17) is 11.6 Å². The van der Waals surface area contributed by atoms with Crippen LogP contribution < -0.4 is 10.6 Å². The minimum Gasteiger partial charge on any atom is -0.348 e. The second-order valence-corrected chi connectivity index (χ2v) is 6.95. The van der Waals surface area contributed by atoms with Gasteiger partial charge in [-0.2, -0.15) is 0 Å². The summed E-state index contributed by atoms with van der Waals surface area (Å²) < 4.78 is 0. The molecule has 138 valence electrons. The quantitative estimate of drug-likeness (QED) is 0.767. The highest BCUT2D eigenvalue weighted by molar-refractivity contribution is 6.33. The summed E-state index contributed by atoms with van der Waals surface area (Å²) in [5, 5.41) is 5.99. The molecule has 0 radical (unpaired) electrons. The number of carbonyl (C=O) groups is 2. The fraction of sp³-hybridized carbons (Fsp3) is 0.333. The van der Waals surface area contributed by atoms with E-state index >= 15 is 0 Å².